The molecule has 6 nitrogen and oxygen atoms in total. The van der Waals surface area contributed by atoms with Crippen molar-refractivity contribution in [1.82, 2.24) is 4.90 Å². The van der Waals surface area contributed by atoms with Crippen molar-refractivity contribution in [3.05, 3.63) is 65.7 Å². The molecule has 0 saturated heterocycles. The van der Waals surface area contributed by atoms with E-state index >= 15 is 0 Å². The van der Waals surface area contributed by atoms with Crippen LogP contribution in [0.4, 0.5) is 0 Å². The highest BCUT2D eigenvalue weighted by Crippen LogP contribution is 2.29. The first-order chi connectivity index (χ1) is 15.1. The lowest BCUT2D eigenvalue weighted by Crippen LogP contribution is -2.34. The molecule has 0 aliphatic carbocycles. The fourth-order valence-corrected chi connectivity index (χ4v) is 3.44. The lowest BCUT2D eigenvalue weighted by Gasteiger charge is -2.22. The van der Waals surface area contributed by atoms with E-state index in [1.807, 2.05) is 62.4 Å². The van der Waals surface area contributed by atoms with Crippen molar-refractivity contribution >= 4 is 23.0 Å². The molecular formula is C25H27NO5. The van der Waals surface area contributed by atoms with Crippen LogP contribution in [0.5, 0.6) is 17.2 Å². The average Bonchev–Trinajstić information content (AvgIpc) is 2.81. The number of hydrogen-bond donors (Lipinski definition) is 0. The van der Waals surface area contributed by atoms with E-state index < -0.39 is 0 Å². The Morgan fingerprint density at radius 3 is 2.45 bits per heavy atom. The number of methoxy groups -OCH3 is 1. The number of ether oxygens (including phenoxy) is 3. The number of benzene rings is 3. The van der Waals surface area contributed by atoms with E-state index in [0.717, 1.165) is 22.6 Å². The lowest BCUT2D eigenvalue weighted by atomic mass is 10.0. The van der Waals surface area contributed by atoms with Gasteiger partial charge in [0.1, 0.15) is 5.75 Å². The van der Waals surface area contributed by atoms with Crippen molar-refractivity contribution in [2.24, 2.45) is 0 Å². The molecule has 0 aliphatic rings. The van der Waals surface area contributed by atoms with Gasteiger partial charge in [-0.2, -0.15) is 0 Å². The van der Waals surface area contributed by atoms with Gasteiger partial charge in [0.2, 0.25) is 0 Å². The zero-order chi connectivity index (χ0) is 22.2. The number of carbonyl (C=O) groups excluding carboxylic acids is 2. The molecule has 0 atom stereocenters. The molecule has 6 heteroatoms. The molecule has 0 radical (unpaired) electrons. The van der Waals surface area contributed by atoms with Crippen LogP contribution < -0.4 is 14.2 Å². The molecule has 31 heavy (non-hydrogen) atoms. The lowest BCUT2D eigenvalue weighted by molar-refractivity contribution is -0.133. The molecule has 3 aromatic carbocycles. The molecule has 0 aliphatic heterocycles. The zero-order valence-electron chi connectivity index (χ0n) is 18.1. The van der Waals surface area contributed by atoms with Gasteiger partial charge in [0.25, 0.3) is 5.91 Å². The standard InChI is InChI=1S/C25H27NO5/c1-4-26(15-18-10-12-23(30-5-2)24(14-18)29-3)25(28)17-31-22-13-11-19-8-6-7-9-20(19)21(22)16-27/h6-14,16H,4-5,15,17H2,1-3H3. The van der Waals surface area contributed by atoms with Crippen LogP contribution in [-0.4, -0.2) is 44.0 Å². The van der Waals surface area contributed by atoms with Gasteiger partial charge in [-0.15, -0.1) is 0 Å². The predicted octanol–water partition coefficient (Wildman–Crippen LogP) is 4.49. The quantitative estimate of drug-likeness (QED) is 0.452. The minimum Gasteiger partial charge on any atom is -0.493 e. The first-order valence-electron chi connectivity index (χ1n) is 10.3. The monoisotopic (exact) mass is 421 g/mol. The van der Waals surface area contributed by atoms with Crippen LogP contribution in [0, 0.1) is 0 Å². The summed E-state index contributed by atoms with van der Waals surface area (Å²) in [6, 6.07) is 16.8. The molecule has 0 fully saturated rings. The summed E-state index contributed by atoms with van der Waals surface area (Å²) in [5.41, 5.74) is 1.37. The number of rotatable bonds is 10. The fourth-order valence-electron chi connectivity index (χ4n) is 3.44. The molecule has 0 spiro atoms. The van der Waals surface area contributed by atoms with Gasteiger partial charge < -0.3 is 19.1 Å². The zero-order valence-corrected chi connectivity index (χ0v) is 18.1. The van der Waals surface area contributed by atoms with Gasteiger partial charge in [-0.3, -0.25) is 9.59 Å². The van der Waals surface area contributed by atoms with Crippen molar-refractivity contribution in [2.75, 3.05) is 26.9 Å². The Labute approximate surface area is 182 Å². The van der Waals surface area contributed by atoms with Gasteiger partial charge >= 0.3 is 0 Å². The largest absolute Gasteiger partial charge is 0.493 e. The van der Waals surface area contributed by atoms with Crippen LogP contribution >= 0.6 is 0 Å². The summed E-state index contributed by atoms with van der Waals surface area (Å²) in [7, 11) is 1.59. The van der Waals surface area contributed by atoms with Crippen LogP contribution in [0.1, 0.15) is 29.8 Å². The van der Waals surface area contributed by atoms with E-state index in [4.69, 9.17) is 14.2 Å². The molecule has 162 valence electrons. The maximum Gasteiger partial charge on any atom is 0.260 e. The number of amides is 1. The Morgan fingerprint density at radius 1 is 0.968 bits per heavy atom. The highest BCUT2D eigenvalue weighted by atomic mass is 16.5. The molecule has 1 amide bonds. The Hall–Kier alpha value is -3.54. The highest BCUT2D eigenvalue weighted by Gasteiger charge is 2.16. The summed E-state index contributed by atoms with van der Waals surface area (Å²) >= 11 is 0. The molecule has 0 unspecified atom stereocenters. The van der Waals surface area contributed by atoms with E-state index in [9.17, 15) is 9.59 Å². The van der Waals surface area contributed by atoms with Crippen molar-refractivity contribution in [3.63, 3.8) is 0 Å². The first kappa shape index (κ1) is 22.2. The maximum absolute atomic E-state index is 12.8. The number of hydrogen-bond acceptors (Lipinski definition) is 5. The third kappa shape index (κ3) is 5.15. The molecule has 0 bridgehead atoms. The van der Waals surface area contributed by atoms with Gasteiger partial charge in [0, 0.05) is 13.1 Å². The summed E-state index contributed by atoms with van der Waals surface area (Å²) in [5.74, 6) is 1.54. The summed E-state index contributed by atoms with van der Waals surface area (Å²) < 4.78 is 16.7. The van der Waals surface area contributed by atoms with Gasteiger partial charge in [-0.25, -0.2) is 0 Å². The number of aldehydes is 1. The van der Waals surface area contributed by atoms with Crippen molar-refractivity contribution < 1.29 is 23.8 Å². The van der Waals surface area contributed by atoms with Crippen LogP contribution in [0.15, 0.2) is 54.6 Å². The SMILES string of the molecule is CCOc1ccc(CN(CC)C(=O)COc2ccc3ccccc3c2C=O)cc1OC. The minimum absolute atomic E-state index is 0.152. The van der Waals surface area contributed by atoms with Crippen molar-refractivity contribution in [3.8, 4) is 17.2 Å². The van der Waals surface area contributed by atoms with Crippen molar-refractivity contribution in [1.29, 1.82) is 0 Å². The predicted molar refractivity (Wildman–Crippen MR) is 120 cm³/mol. The molecular weight excluding hydrogens is 394 g/mol. The third-order valence-corrected chi connectivity index (χ3v) is 5.04. The van der Waals surface area contributed by atoms with Crippen LogP contribution in [0.3, 0.4) is 0 Å². The molecule has 0 aromatic heterocycles. The Balaban J connectivity index is 1.71. The smallest absolute Gasteiger partial charge is 0.260 e. The summed E-state index contributed by atoms with van der Waals surface area (Å²) in [5, 5.41) is 1.75. The van der Waals surface area contributed by atoms with E-state index in [2.05, 4.69) is 0 Å². The summed E-state index contributed by atoms with van der Waals surface area (Å²) in [6.07, 6.45) is 0.770. The van der Waals surface area contributed by atoms with E-state index in [1.165, 1.54) is 0 Å². The average molecular weight is 421 g/mol. The summed E-state index contributed by atoms with van der Waals surface area (Å²) in [6.45, 7) is 5.16. The number of fused-ring (bicyclic) bond motifs is 1. The molecule has 0 saturated carbocycles. The van der Waals surface area contributed by atoms with Gasteiger partial charge in [-0.05, 0) is 48.4 Å². The first-order valence-corrected chi connectivity index (χ1v) is 10.3. The topological polar surface area (TPSA) is 65.1 Å². The van der Waals surface area contributed by atoms with Crippen LogP contribution in [0.25, 0.3) is 10.8 Å². The highest BCUT2D eigenvalue weighted by molar-refractivity contribution is 6.00. The van der Waals surface area contributed by atoms with E-state index in [1.54, 1.807) is 18.1 Å². The second-order valence-corrected chi connectivity index (χ2v) is 6.93. The second kappa shape index (κ2) is 10.5. The van der Waals surface area contributed by atoms with Gasteiger partial charge in [0.15, 0.2) is 24.4 Å². The van der Waals surface area contributed by atoms with Crippen LogP contribution in [-0.2, 0) is 11.3 Å². The molecule has 3 rings (SSSR count). The molecule has 0 N–H and O–H groups in total. The third-order valence-electron chi connectivity index (χ3n) is 5.04. The van der Waals surface area contributed by atoms with E-state index in [0.29, 0.717) is 42.5 Å². The normalized spacial score (nSPS) is 10.5. The van der Waals surface area contributed by atoms with Gasteiger partial charge in [0.05, 0.1) is 19.3 Å². The van der Waals surface area contributed by atoms with Gasteiger partial charge in [-0.1, -0.05) is 36.4 Å². The molecule has 0 heterocycles. The minimum atomic E-state index is -0.166. The van der Waals surface area contributed by atoms with E-state index in [-0.39, 0.29) is 12.5 Å². The Bertz CT molecular complexity index is 1060. The van der Waals surface area contributed by atoms with Crippen molar-refractivity contribution in [2.45, 2.75) is 20.4 Å². The fraction of sp³-hybridized carbons (Fsp3) is 0.280. The maximum atomic E-state index is 12.8. The Kier molecular flexibility index (Phi) is 7.49. The second-order valence-electron chi connectivity index (χ2n) is 6.93. The number of carbonyl (C=O) groups is 2. The Morgan fingerprint density at radius 2 is 1.74 bits per heavy atom. The molecule has 3 aromatic rings. The number of likely N-dealkylation sites (N-methyl/N-ethyl adjacent to an activating group) is 1. The number of nitrogens with zero attached hydrogens (tertiary/aromatic N) is 1. The van der Waals surface area contributed by atoms with Crippen LogP contribution in [0.2, 0.25) is 0 Å². The summed E-state index contributed by atoms with van der Waals surface area (Å²) in [4.78, 5) is 26.1.